The molecule has 0 unspecified atom stereocenters. The molecule has 1 aliphatic heterocycles. The van der Waals surface area contributed by atoms with Gasteiger partial charge in [0.2, 0.25) is 5.95 Å². The van der Waals surface area contributed by atoms with Crippen molar-refractivity contribution in [3.05, 3.63) is 66.9 Å². The summed E-state index contributed by atoms with van der Waals surface area (Å²) in [7, 11) is 4.24. The Balaban J connectivity index is 1.35. The maximum absolute atomic E-state index is 4.79. The second-order valence-electron chi connectivity index (χ2n) is 8.31. The van der Waals surface area contributed by atoms with E-state index >= 15 is 0 Å². The molecule has 0 spiro atoms. The summed E-state index contributed by atoms with van der Waals surface area (Å²) in [6.45, 7) is 4.33. The number of piperazine rings is 1. The van der Waals surface area contributed by atoms with Crippen LogP contribution in [-0.4, -0.2) is 66.0 Å². The number of hydrogen-bond donors (Lipinski definition) is 1. The van der Waals surface area contributed by atoms with E-state index in [-0.39, 0.29) is 0 Å². The summed E-state index contributed by atoms with van der Waals surface area (Å²) in [6, 6.07) is 21.2. The molecule has 1 fully saturated rings. The van der Waals surface area contributed by atoms with Gasteiger partial charge in [0, 0.05) is 68.3 Å². The molecule has 1 N–H and O–H groups in total. The highest BCUT2D eigenvalue weighted by Gasteiger charge is 2.14. The summed E-state index contributed by atoms with van der Waals surface area (Å²) in [5, 5.41) is 8.00. The molecule has 5 rings (SSSR count). The Morgan fingerprint density at radius 2 is 1.67 bits per heavy atom. The highest BCUT2D eigenvalue weighted by molar-refractivity contribution is 7.99. The third-order valence-corrected chi connectivity index (χ3v) is 6.93. The van der Waals surface area contributed by atoms with Gasteiger partial charge in [0.25, 0.3) is 0 Å². The quantitative estimate of drug-likeness (QED) is 0.423. The zero-order valence-electron chi connectivity index (χ0n) is 19.3. The summed E-state index contributed by atoms with van der Waals surface area (Å²) in [5.41, 5.74) is 6.42. The number of fused-ring (bicyclic) bond motifs is 1. The van der Waals surface area contributed by atoms with Gasteiger partial charge in [-0.2, -0.15) is 4.98 Å². The van der Waals surface area contributed by atoms with Crippen LogP contribution in [0.3, 0.4) is 0 Å². The molecule has 170 valence electrons. The molecular weight excluding hydrogens is 430 g/mol. The Bertz CT molecular complexity index is 1210. The number of nitrogens with one attached hydrogen (secondary N) is 1. The average molecular weight is 460 g/mol. The van der Waals surface area contributed by atoms with Crippen molar-refractivity contribution in [1.29, 1.82) is 0 Å². The van der Waals surface area contributed by atoms with Crippen molar-refractivity contribution in [2.45, 2.75) is 0 Å². The van der Waals surface area contributed by atoms with Gasteiger partial charge in [0.05, 0.1) is 0 Å². The lowest BCUT2D eigenvalue weighted by Crippen LogP contribution is -2.44. The van der Waals surface area contributed by atoms with Gasteiger partial charge < -0.3 is 19.4 Å². The molecule has 0 amide bonds. The van der Waals surface area contributed by atoms with Gasteiger partial charge in [0.1, 0.15) is 0 Å². The Labute approximate surface area is 199 Å². The molecule has 0 bridgehead atoms. The number of anilines is 4. The molecule has 7 nitrogen and oxygen atoms in total. The van der Waals surface area contributed by atoms with Crippen LogP contribution in [0.4, 0.5) is 23.0 Å². The van der Waals surface area contributed by atoms with Gasteiger partial charge in [-0.05, 0) is 61.1 Å². The van der Waals surface area contributed by atoms with Crippen LogP contribution in [0, 0.1) is 0 Å². The topological polar surface area (TPSA) is 51.9 Å². The second kappa shape index (κ2) is 9.33. The third kappa shape index (κ3) is 4.62. The van der Waals surface area contributed by atoms with Crippen LogP contribution in [0.5, 0.6) is 0 Å². The first-order chi connectivity index (χ1) is 16.1. The van der Waals surface area contributed by atoms with Crippen molar-refractivity contribution in [2.75, 3.05) is 61.1 Å². The van der Waals surface area contributed by atoms with Crippen LogP contribution in [0.2, 0.25) is 0 Å². The highest BCUT2D eigenvalue weighted by atomic mass is 32.2. The number of aromatic nitrogens is 3. The zero-order valence-corrected chi connectivity index (χ0v) is 20.1. The van der Waals surface area contributed by atoms with E-state index in [0.717, 1.165) is 48.6 Å². The Kier molecular flexibility index (Phi) is 6.11. The van der Waals surface area contributed by atoms with Gasteiger partial charge in [-0.25, -0.2) is 4.52 Å². The van der Waals surface area contributed by atoms with E-state index in [0.29, 0.717) is 5.95 Å². The minimum Gasteiger partial charge on any atom is -0.369 e. The SMILES string of the molecule is CSN(C)c1ccc(-c2cccn3nc(Nc4ccc(N5CCN(C)CC5)cc4)nc23)cc1. The van der Waals surface area contributed by atoms with E-state index in [1.165, 1.54) is 11.4 Å². The number of rotatable bonds is 6. The molecule has 8 heteroatoms. The van der Waals surface area contributed by atoms with Crippen LogP contribution in [0.1, 0.15) is 0 Å². The molecule has 0 saturated carbocycles. The number of benzene rings is 2. The van der Waals surface area contributed by atoms with Gasteiger partial charge in [0.15, 0.2) is 5.65 Å². The summed E-state index contributed by atoms with van der Waals surface area (Å²) < 4.78 is 3.97. The van der Waals surface area contributed by atoms with Crippen molar-refractivity contribution in [1.82, 2.24) is 19.5 Å². The minimum absolute atomic E-state index is 0.591. The summed E-state index contributed by atoms with van der Waals surface area (Å²) in [4.78, 5) is 9.59. The van der Waals surface area contributed by atoms with E-state index in [2.05, 4.69) is 99.5 Å². The largest absolute Gasteiger partial charge is 0.369 e. The number of pyridine rings is 1. The van der Waals surface area contributed by atoms with E-state index in [4.69, 9.17) is 4.98 Å². The normalized spacial score (nSPS) is 14.6. The summed E-state index contributed by atoms with van der Waals surface area (Å²) in [6.07, 6.45) is 4.00. The fourth-order valence-corrected chi connectivity index (χ4v) is 4.42. The Hall–Kier alpha value is -3.23. The smallest absolute Gasteiger partial charge is 0.247 e. The monoisotopic (exact) mass is 459 g/mol. The lowest BCUT2D eigenvalue weighted by Gasteiger charge is -2.34. The standard InChI is InChI=1S/C25H29N7S/c1-29-15-17-31(18-16-29)22-12-8-20(9-13-22)26-25-27-24-23(5-4-14-32(24)28-25)19-6-10-21(11-7-19)30(2)33-3/h4-14H,15-18H2,1-3H3,(H,26,28). The van der Waals surface area contributed by atoms with E-state index in [1.54, 1.807) is 11.9 Å². The maximum atomic E-state index is 4.79. The van der Waals surface area contributed by atoms with Crippen molar-refractivity contribution in [3.8, 4) is 11.1 Å². The molecule has 0 aliphatic carbocycles. The molecule has 0 radical (unpaired) electrons. The molecule has 1 saturated heterocycles. The average Bonchev–Trinajstić information content (AvgIpc) is 3.27. The minimum atomic E-state index is 0.591. The molecular formula is C25H29N7S. The third-order valence-electron chi connectivity index (χ3n) is 6.17. The van der Waals surface area contributed by atoms with Crippen LogP contribution < -0.4 is 14.5 Å². The van der Waals surface area contributed by atoms with Crippen LogP contribution in [-0.2, 0) is 0 Å². The number of hydrogen-bond acceptors (Lipinski definition) is 7. The predicted molar refractivity (Wildman–Crippen MR) is 140 cm³/mol. The van der Waals surface area contributed by atoms with Crippen molar-refractivity contribution in [3.63, 3.8) is 0 Å². The number of nitrogens with zero attached hydrogens (tertiary/aromatic N) is 6. The van der Waals surface area contributed by atoms with Crippen molar-refractivity contribution >= 4 is 40.6 Å². The highest BCUT2D eigenvalue weighted by Crippen LogP contribution is 2.28. The van der Waals surface area contributed by atoms with Gasteiger partial charge in [-0.15, -0.1) is 5.10 Å². The molecule has 33 heavy (non-hydrogen) atoms. The lowest BCUT2D eigenvalue weighted by atomic mass is 10.1. The van der Waals surface area contributed by atoms with Crippen LogP contribution in [0.15, 0.2) is 66.9 Å². The first kappa shape index (κ1) is 21.6. The molecule has 3 heterocycles. The molecule has 4 aromatic rings. The van der Waals surface area contributed by atoms with E-state index < -0.39 is 0 Å². The van der Waals surface area contributed by atoms with Gasteiger partial charge >= 0.3 is 0 Å². The molecule has 2 aromatic carbocycles. The first-order valence-electron chi connectivity index (χ1n) is 11.1. The summed E-state index contributed by atoms with van der Waals surface area (Å²) >= 11 is 1.69. The van der Waals surface area contributed by atoms with Gasteiger partial charge in [-0.1, -0.05) is 24.1 Å². The fraction of sp³-hybridized carbons (Fsp3) is 0.280. The summed E-state index contributed by atoms with van der Waals surface area (Å²) in [5.74, 6) is 0.591. The zero-order chi connectivity index (χ0) is 22.8. The second-order valence-corrected chi connectivity index (χ2v) is 9.23. The number of likely N-dealkylation sites (N-methyl/N-ethyl adjacent to an activating group) is 1. The van der Waals surface area contributed by atoms with Crippen LogP contribution in [0.25, 0.3) is 16.8 Å². The van der Waals surface area contributed by atoms with Crippen molar-refractivity contribution in [2.24, 2.45) is 0 Å². The molecule has 2 aromatic heterocycles. The van der Waals surface area contributed by atoms with Gasteiger partial charge in [-0.3, -0.25) is 0 Å². The molecule has 1 aliphatic rings. The fourth-order valence-electron chi connectivity index (χ4n) is 4.09. The van der Waals surface area contributed by atoms with Crippen LogP contribution >= 0.6 is 11.9 Å². The Morgan fingerprint density at radius 1 is 0.939 bits per heavy atom. The predicted octanol–water partition coefficient (Wildman–Crippen LogP) is 4.61. The lowest BCUT2D eigenvalue weighted by molar-refractivity contribution is 0.313. The van der Waals surface area contributed by atoms with Crippen molar-refractivity contribution < 1.29 is 0 Å². The molecule has 0 atom stereocenters. The Morgan fingerprint density at radius 3 is 2.36 bits per heavy atom. The first-order valence-corrected chi connectivity index (χ1v) is 12.3. The maximum Gasteiger partial charge on any atom is 0.247 e. The van der Waals surface area contributed by atoms with E-state index in [9.17, 15) is 0 Å². The van der Waals surface area contributed by atoms with E-state index in [1.807, 2.05) is 16.8 Å².